The van der Waals surface area contributed by atoms with E-state index >= 15 is 0 Å². The maximum Gasteiger partial charge on any atom is 0.313 e. The van der Waals surface area contributed by atoms with Crippen LogP contribution in [0.5, 0.6) is 0 Å². The van der Waals surface area contributed by atoms with Crippen LogP contribution in [0.1, 0.15) is 26.6 Å². The Kier molecular flexibility index (Phi) is 2.83. The predicted octanol–water partition coefficient (Wildman–Crippen LogP) is 0.144. The van der Waals surface area contributed by atoms with Crippen LogP contribution < -0.4 is 0 Å². The van der Waals surface area contributed by atoms with E-state index in [9.17, 15) is 4.79 Å². The van der Waals surface area contributed by atoms with Gasteiger partial charge in [0, 0.05) is 0 Å². The van der Waals surface area contributed by atoms with E-state index in [1.165, 1.54) is 11.9 Å². The summed E-state index contributed by atoms with van der Waals surface area (Å²) in [6, 6.07) is 0. The molecule has 0 atom stereocenters. The average Bonchev–Trinajstić information content (AvgIpc) is 2.51. The zero-order chi connectivity index (χ0) is 10.8. The van der Waals surface area contributed by atoms with Crippen molar-refractivity contribution in [1.29, 1.82) is 0 Å². The molecule has 0 bridgehead atoms. The Labute approximate surface area is 82.2 Å². The topological polar surface area (TPSA) is 69.9 Å². The van der Waals surface area contributed by atoms with Crippen LogP contribution >= 0.6 is 0 Å². The summed E-state index contributed by atoms with van der Waals surface area (Å²) in [5.41, 5.74) is -0.221. The molecule has 0 N–H and O–H groups in total. The van der Waals surface area contributed by atoms with Gasteiger partial charge in [-0.15, -0.1) is 10.2 Å². The van der Waals surface area contributed by atoms with Crippen LogP contribution in [0.15, 0.2) is 0 Å². The molecule has 1 rings (SSSR count). The summed E-state index contributed by atoms with van der Waals surface area (Å²) in [6.45, 7) is 5.86. The van der Waals surface area contributed by atoms with Gasteiger partial charge in [0.25, 0.3) is 0 Å². The predicted molar refractivity (Wildman–Crippen MR) is 48.5 cm³/mol. The number of tetrazole rings is 1. The number of carbonyl (C=O) groups excluding carboxylic acids is 1. The highest BCUT2D eigenvalue weighted by molar-refractivity contribution is 5.71. The highest BCUT2D eigenvalue weighted by atomic mass is 16.5. The van der Waals surface area contributed by atoms with Crippen LogP contribution in [0.2, 0.25) is 0 Å². The van der Waals surface area contributed by atoms with Gasteiger partial charge < -0.3 is 4.74 Å². The van der Waals surface area contributed by atoms with Crippen LogP contribution in [0.25, 0.3) is 0 Å². The number of hydrogen-bond acceptors (Lipinski definition) is 5. The third-order valence-corrected chi connectivity index (χ3v) is 1.59. The van der Waals surface area contributed by atoms with Crippen LogP contribution in [-0.2, 0) is 21.5 Å². The second kappa shape index (κ2) is 3.73. The molecule has 0 saturated heterocycles. The number of rotatable bonds is 2. The van der Waals surface area contributed by atoms with Gasteiger partial charge >= 0.3 is 5.97 Å². The quantitative estimate of drug-likeness (QED) is 0.632. The standard InChI is InChI=1S/C8H14N4O2/c1-8(2,3)12-10-6(9-11-12)5-7(13)14-4/h5H2,1-4H3. The molecule has 6 nitrogen and oxygen atoms in total. The summed E-state index contributed by atoms with van der Waals surface area (Å²) in [7, 11) is 1.33. The Balaban J connectivity index is 2.74. The first-order chi connectivity index (χ1) is 6.43. The molecule has 0 fully saturated rings. The zero-order valence-corrected chi connectivity index (χ0v) is 8.81. The first-order valence-corrected chi connectivity index (χ1v) is 4.29. The van der Waals surface area contributed by atoms with Crippen molar-refractivity contribution in [3.05, 3.63) is 5.82 Å². The Bertz CT molecular complexity index is 326. The highest BCUT2D eigenvalue weighted by Gasteiger charge is 2.18. The maximum atomic E-state index is 10.9. The molecule has 0 unspecified atom stereocenters. The van der Waals surface area contributed by atoms with Crippen molar-refractivity contribution >= 4 is 5.97 Å². The molecule has 0 aliphatic carbocycles. The Morgan fingerprint density at radius 2 is 2.14 bits per heavy atom. The molecule has 1 heterocycles. The molecule has 1 aromatic heterocycles. The Morgan fingerprint density at radius 3 is 2.57 bits per heavy atom. The number of hydrogen-bond donors (Lipinski definition) is 0. The fourth-order valence-electron chi connectivity index (χ4n) is 0.799. The van der Waals surface area contributed by atoms with Crippen molar-refractivity contribution in [2.24, 2.45) is 0 Å². The second-order valence-electron chi connectivity index (χ2n) is 3.92. The highest BCUT2D eigenvalue weighted by Crippen LogP contribution is 2.09. The van der Waals surface area contributed by atoms with Gasteiger partial charge in [-0.3, -0.25) is 4.79 Å². The number of aromatic nitrogens is 4. The molecule has 0 saturated carbocycles. The lowest BCUT2D eigenvalue weighted by Gasteiger charge is -2.15. The van der Waals surface area contributed by atoms with Crippen LogP contribution in [0.3, 0.4) is 0 Å². The van der Waals surface area contributed by atoms with Crippen LogP contribution in [0.4, 0.5) is 0 Å². The molecule has 6 heteroatoms. The van der Waals surface area contributed by atoms with E-state index in [4.69, 9.17) is 0 Å². The van der Waals surface area contributed by atoms with Gasteiger partial charge in [0.2, 0.25) is 0 Å². The van der Waals surface area contributed by atoms with E-state index in [0.29, 0.717) is 5.82 Å². The lowest BCUT2D eigenvalue weighted by atomic mass is 10.1. The maximum absolute atomic E-state index is 10.9. The molecule has 0 aliphatic rings. The molecule has 14 heavy (non-hydrogen) atoms. The fraction of sp³-hybridized carbons (Fsp3) is 0.750. The van der Waals surface area contributed by atoms with Gasteiger partial charge in [0.05, 0.1) is 12.6 Å². The Morgan fingerprint density at radius 1 is 1.50 bits per heavy atom. The molecule has 0 spiro atoms. The molecule has 0 radical (unpaired) electrons. The van der Waals surface area contributed by atoms with Crippen molar-refractivity contribution in [2.45, 2.75) is 32.7 Å². The summed E-state index contributed by atoms with van der Waals surface area (Å²) in [6.07, 6.45) is 0.0621. The molecular formula is C8H14N4O2. The van der Waals surface area contributed by atoms with Crippen molar-refractivity contribution in [3.63, 3.8) is 0 Å². The van der Waals surface area contributed by atoms with E-state index in [1.807, 2.05) is 20.8 Å². The summed E-state index contributed by atoms with van der Waals surface area (Å²) < 4.78 is 4.49. The minimum atomic E-state index is -0.363. The average molecular weight is 198 g/mol. The number of ether oxygens (including phenoxy) is 1. The first kappa shape index (κ1) is 10.6. The SMILES string of the molecule is COC(=O)Cc1nnn(C(C)(C)C)n1. The second-order valence-corrected chi connectivity index (χ2v) is 3.92. The molecule has 1 aromatic rings. The summed E-state index contributed by atoms with van der Waals surface area (Å²) in [5, 5.41) is 11.7. The van der Waals surface area contributed by atoms with E-state index in [-0.39, 0.29) is 17.9 Å². The Hall–Kier alpha value is -1.46. The van der Waals surface area contributed by atoms with E-state index in [2.05, 4.69) is 20.1 Å². The van der Waals surface area contributed by atoms with E-state index in [1.54, 1.807) is 0 Å². The third kappa shape index (κ3) is 2.51. The largest absolute Gasteiger partial charge is 0.469 e. The van der Waals surface area contributed by atoms with Gasteiger partial charge in [0.1, 0.15) is 6.42 Å². The number of carbonyl (C=O) groups is 1. The van der Waals surface area contributed by atoms with E-state index in [0.717, 1.165) is 0 Å². The monoisotopic (exact) mass is 198 g/mol. The van der Waals surface area contributed by atoms with Crippen LogP contribution in [-0.4, -0.2) is 33.3 Å². The minimum absolute atomic E-state index is 0.0621. The van der Waals surface area contributed by atoms with Gasteiger partial charge in [-0.1, -0.05) is 0 Å². The van der Waals surface area contributed by atoms with Crippen LogP contribution in [0, 0.1) is 0 Å². The zero-order valence-electron chi connectivity index (χ0n) is 8.81. The van der Waals surface area contributed by atoms with Gasteiger partial charge in [-0.05, 0) is 26.0 Å². The smallest absolute Gasteiger partial charge is 0.313 e. The number of methoxy groups -OCH3 is 1. The lowest BCUT2D eigenvalue weighted by molar-refractivity contribution is -0.139. The van der Waals surface area contributed by atoms with Crippen molar-refractivity contribution < 1.29 is 9.53 Å². The van der Waals surface area contributed by atoms with Crippen molar-refractivity contribution in [2.75, 3.05) is 7.11 Å². The number of esters is 1. The first-order valence-electron chi connectivity index (χ1n) is 4.29. The summed E-state index contributed by atoms with van der Waals surface area (Å²) in [4.78, 5) is 12.4. The summed E-state index contributed by atoms with van der Waals surface area (Å²) in [5.74, 6) is 0.0187. The molecule has 0 aromatic carbocycles. The third-order valence-electron chi connectivity index (χ3n) is 1.59. The van der Waals surface area contributed by atoms with Crippen molar-refractivity contribution in [1.82, 2.24) is 20.2 Å². The fourth-order valence-corrected chi connectivity index (χ4v) is 0.799. The minimum Gasteiger partial charge on any atom is -0.469 e. The molecule has 78 valence electrons. The molecule has 0 amide bonds. The van der Waals surface area contributed by atoms with Gasteiger partial charge in [-0.2, -0.15) is 4.80 Å². The van der Waals surface area contributed by atoms with Gasteiger partial charge in [-0.25, -0.2) is 0 Å². The lowest BCUT2D eigenvalue weighted by Crippen LogP contribution is -2.24. The normalized spacial score (nSPS) is 11.4. The summed E-state index contributed by atoms with van der Waals surface area (Å²) >= 11 is 0. The van der Waals surface area contributed by atoms with Crippen molar-refractivity contribution in [3.8, 4) is 0 Å². The van der Waals surface area contributed by atoms with Gasteiger partial charge in [0.15, 0.2) is 5.82 Å². The molecule has 0 aliphatic heterocycles. The molecular weight excluding hydrogens is 184 g/mol. The van der Waals surface area contributed by atoms with E-state index < -0.39 is 0 Å². The number of nitrogens with zero attached hydrogens (tertiary/aromatic N) is 4.